The summed E-state index contributed by atoms with van der Waals surface area (Å²) in [6.45, 7) is 16.2. The molecule has 3 nitrogen and oxygen atoms in total. The molecule has 2 aliphatic rings. The molecular weight excluding hydrogens is 310 g/mol. The van der Waals surface area contributed by atoms with Gasteiger partial charge in [-0.2, -0.15) is 0 Å². The van der Waals surface area contributed by atoms with E-state index in [2.05, 4.69) is 45.6 Å². The normalized spacial score (nSPS) is 33.4. The van der Waals surface area contributed by atoms with E-state index < -0.39 is 0 Å². The van der Waals surface area contributed by atoms with Crippen molar-refractivity contribution in [2.45, 2.75) is 58.4 Å². The van der Waals surface area contributed by atoms with Gasteiger partial charge in [-0.05, 0) is 35.8 Å². The summed E-state index contributed by atoms with van der Waals surface area (Å²) in [7, 11) is 0. The highest BCUT2D eigenvalue weighted by atomic mass is 16.5. The van der Waals surface area contributed by atoms with E-state index in [9.17, 15) is 4.79 Å². The van der Waals surface area contributed by atoms with E-state index in [-0.39, 0.29) is 11.4 Å². The molecule has 0 radical (unpaired) electrons. The number of likely N-dealkylation sites (tertiary alicyclic amines) is 1. The summed E-state index contributed by atoms with van der Waals surface area (Å²) in [6.07, 6.45) is 5.62. The maximum Gasteiger partial charge on any atom is 0.308 e. The lowest BCUT2D eigenvalue weighted by atomic mass is 9.58. The predicted octanol–water partition coefficient (Wildman–Crippen LogP) is 4.25. The molecule has 3 rings (SSSR count). The van der Waals surface area contributed by atoms with Crippen LogP contribution in [0.3, 0.4) is 0 Å². The molecule has 1 heterocycles. The molecule has 136 valence electrons. The van der Waals surface area contributed by atoms with Crippen molar-refractivity contribution in [3.8, 4) is 5.75 Å². The first kappa shape index (κ1) is 18.2. The summed E-state index contributed by atoms with van der Waals surface area (Å²) < 4.78 is 6.54. The van der Waals surface area contributed by atoms with Gasteiger partial charge in [0, 0.05) is 31.1 Å². The summed E-state index contributed by atoms with van der Waals surface area (Å²) >= 11 is 0. The molecular formula is C22H32NO2+. The Morgan fingerprint density at radius 3 is 2.88 bits per heavy atom. The molecule has 0 aromatic heterocycles. The molecule has 2 bridgehead atoms. The molecule has 1 fully saturated rings. The highest BCUT2D eigenvalue weighted by Crippen LogP contribution is 2.51. The standard InChI is InChI=1S/C22H32NO2/c1-6-11-23(12-7-2)13-10-22(5)16(3)21(23)14-18-8-9-19(15-20(18)22)25-17(4)24/h6,8-9,15-16,21H,1,7,10-14H2,2-5H3/q+1/t16?,21-,22+,23?/m1/s1. The van der Waals surface area contributed by atoms with Crippen molar-refractivity contribution >= 4 is 5.97 Å². The molecule has 1 saturated heterocycles. The van der Waals surface area contributed by atoms with E-state index in [1.54, 1.807) is 0 Å². The average molecular weight is 343 g/mol. The maximum atomic E-state index is 11.3. The third-order valence-corrected chi connectivity index (χ3v) is 6.91. The summed E-state index contributed by atoms with van der Waals surface area (Å²) in [5.41, 5.74) is 2.98. The van der Waals surface area contributed by atoms with Crippen LogP contribution in [0.15, 0.2) is 30.9 Å². The second-order valence-electron chi connectivity index (χ2n) is 8.28. The molecule has 0 saturated carbocycles. The topological polar surface area (TPSA) is 26.3 Å². The van der Waals surface area contributed by atoms with Gasteiger partial charge in [0.25, 0.3) is 0 Å². The van der Waals surface area contributed by atoms with Gasteiger partial charge in [0.05, 0.1) is 25.7 Å². The molecule has 25 heavy (non-hydrogen) atoms. The number of quaternary nitrogens is 1. The Hall–Kier alpha value is -1.61. The van der Waals surface area contributed by atoms with Crippen molar-refractivity contribution in [3.05, 3.63) is 42.0 Å². The number of hydrogen-bond donors (Lipinski definition) is 0. The van der Waals surface area contributed by atoms with Gasteiger partial charge < -0.3 is 9.22 Å². The Morgan fingerprint density at radius 1 is 1.48 bits per heavy atom. The fraction of sp³-hybridized carbons (Fsp3) is 0.591. The molecule has 0 N–H and O–H groups in total. The fourth-order valence-corrected chi connectivity index (χ4v) is 5.52. The first-order chi connectivity index (χ1) is 11.9. The first-order valence-corrected chi connectivity index (χ1v) is 9.65. The van der Waals surface area contributed by atoms with Gasteiger partial charge in [-0.15, -0.1) is 0 Å². The molecule has 2 unspecified atom stereocenters. The first-order valence-electron chi connectivity index (χ1n) is 9.65. The number of esters is 1. The SMILES string of the molecule is C=CC[N+]1(CCC)CC[C@]2(C)c3cc(OC(C)=O)ccc3C[C@@H]1C2C. The Bertz CT molecular complexity index is 683. The van der Waals surface area contributed by atoms with Crippen molar-refractivity contribution in [2.75, 3.05) is 19.6 Å². The highest BCUT2D eigenvalue weighted by molar-refractivity contribution is 5.69. The zero-order chi connectivity index (χ0) is 18.2. The van der Waals surface area contributed by atoms with Crippen LogP contribution in [0.5, 0.6) is 5.75 Å². The Labute approximate surface area is 152 Å². The number of benzene rings is 1. The van der Waals surface area contributed by atoms with Crippen LogP contribution in [0.4, 0.5) is 0 Å². The van der Waals surface area contributed by atoms with Crippen LogP contribution in [0.2, 0.25) is 0 Å². The minimum absolute atomic E-state index is 0.158. The van der Waals surface area contributed by atoms with Crippen LogP contribution >= 0.6 is 0 Å². The van der Waals surface area contributed by atoms with Crippen molar-refractivity contribution < 1.29 is 14.0 Å². The Kier molecular flexibility index (Phi) is 4.80. The van der Waals surface area contributed by atoms with Crippen LogP contribution < -0.4 is 4.74 Å². The highest BCUT2D eigenvalue weighted by Gasteiger charge is 2.55. The number of piperidine rings is 1. The number of hydrogen-bond acceptors (Lipinski definition) is 2. The maximum absolute atomic E-state index is 11.3. The Morgan fingerprint density at radius 2 is 2.24 bits per heavy atom. The molecule has 4 atom stereocenters. The third kappa shape index (κ3) is 2.93. The zero-order valence-electron chi connectivity index (χ0n) is 16.2. The number of fused-ring (bicyclic) bond motifs is 4. The average Bonchev–Trinajstić information content (AvgIpc) is 2.55. The smallest absolute Gasteiger partial charge is 0.308 e. The number of carbonyl (C=O) groups is 1. The predicted molar refractivity (Wildman–Crippen MR) is 102 cm³/mol. The van der Waals surface area contributed by atoms with Crippen LogP contribution in [-0.2, 0) is 16.6 Å². The quantitative estimate of drug-likeness (QED) is 0.346. The minimum Gasteiger partial charge on any atom is -0.427 e. The summed E-state index contributed by atoms with van der Waals surface area (Å²) in [6, 6.07) is 6.90. The fourth-order valence-electron chi connectivity index (χ4n) is 5.52. The van der Waals surface area contributed by atoms with E-state index in [0.29, 0.717) is 17.7 Å². The van der Waals surface area contributed by atoms with E-state index in [1.807, 2.05) is 6.07 Å². The number of carbonyl (C=O) groups excluding carboxylic acids is 1. The van der Waals surface area contributed by atoms with Gasteiger partial charge in [0.15, 0.2) is 0 Å². The van der Waals surface area contributed by atoms with Crippen molar-refractivity contribution in [2.24, 2.45) is 5.92 Å². The largest absolute Gasteiger partial charge is 0.427 e. The zero-order valence-corrected chi connectivity index (χ0v) is 16.2. The van der Waals surface area contributed by atoms with Gasteiger partial charge in [-0.25, -0.2) is 0 Å². The number of rotatable bonds is 5. The van der Waals surface area contributed by atoms with Gasteiger partial charge >= 0.3 is 5.97 Å². The Balaban J connectivity index is 2.04. The molecule has 1 aromatic carbocycles. The number of nitrogens with zero attached hydrogens (tertiary/aromatic N) is 1. The molecule has 1 aliphatic heterocycles. The van der Waals surface area contributed by atoms with Gasteiger partial charge in [-0.3, -0.25) is 4.79 Å². The van der Waals surface area contributed by atoms with E-state index in [0.717, 1.165) is 13.0 Å². The monoisotopic (exact) mass is 342 g/mol. The lowest BCUT2D eigenvalue weighted by Gasteiger charge is -2.59. The lowest BCUT2D eigenvalue weighted by molar-refractivity contribution is -0.956. The second-order valence-corrected chi connectivity index (χ2v) is 8.28. The van der Waals surface area contributed by atoms with Crippen molar-refractivity contribution in [1.29, 1.82) is 0 Å². The second kappa shape index (κ2) is 6.60. The number of ether oxygens (including phenoxy) is 1. The van der Waals surface area contributed by atoms with Crippen LogP contribution in [0, 0.1) is 5.92 Å². The van der Waals surface area contributed by atoms with E-state index >= 15 is 0 Å². The van der Waals surface area contributed by atoms with Crippen LogP contribution in [0.1, 0.15) is 51.7 Å². The van der Waals surface area contributed by atoms with Crippen molar-refractivity contribution in [3.63, 3.8) is 0 Å². The van der Waals surface area contributed by atoms with Crippen LogP contribution in [-0.4, -0.2) is 36.1 Å². The summed E-state index contributed by atoms with van der Waals surface area (Å²) in [4.78, 5) is 11.3. The van der Waals surface area contributed by atoms with Gasteiger partial charge in [0.2, 0.25) is 0 Å². The van der Waals surface area contributed by atoms with E-state index in [1.165, 1.54) is 48.5 Å². The molecule has 1 aliphatic carbocycles. The molecule has 0 spiro atoms. The van der Waals surface area contributed by atoms with Gasteiger partial charge in [-0.1, -0.05) is 33.4 Å². The van der Waals surface area contributed by atoms with Crippen molar-refractivity contribution in [1.82, 2.24) is 0 Å². The van der Waals surface area contributed by atoms with E-state index in [4.69, 9.17) is 4.74 Å². The minimum atomic E-state index is -0.250. The van der Waals surface area contributed by atoms with Crippen LogP contribution in [0.25, 0.3) is 0 Å². The summed E-state index contributed by atoms with van der Waals surface area (Å²) in [5.74, 6) is 1.04. The van der Waals surface area contributed by atoms with Gasteiger partial charge in [0.1, 0.15) is 5.75 Å². The molecule has 1 aromatic rings. The molecule has 0 amide bonds. The third-order valence-electron chi connectivity index (χ3n) is 6.91. The lowest BCUT2D eigenvalue weighted by Crippen LogP contribution is -2.68. The summed E-state index contributed by atoms with van der Waals surface area (Å²) in [5, 5.41) is 0. The molecule has 3 heteroatoms.